The number of rotatable bonds is 4. The average molecular weight is 309 g/mol. The molecular weight excluding hydrogens is 295 g/mol. The van der Waals surface area contributed by atoms with Crippen molar-refractivity contribution in [2.24, 2.45) is 0 Å². The Labute approximate surface area is 126 Å². The molecule has 2 aromatic carbocycles. The molecule has 0 radical (unpaired) electrons. The highest BCUT2D eigenvalue weighted by Gasteiger charge is 2.15. The lowest BCUT2D eigenvalue weighted by Gasteiger charge is -2.22. The lowest BCUT2D eigenvalue weighted by molar-refractivity contribution is 0.0697. The number of carboxylic acids is 1. The van der Waals surface area contributed by atoms with Crippen LogP contribution in [0.3, 0.4) is 0 Å². The Balaban J connectivity index is 2.34. The van der Waals surface area contributed by atoms with Crippen LogP contribution in [-0.2, 0) is 6.54 Å². The molecule has 0 fully saturated rings. The molecule has 4 nitrogen and oxygen atoms in total. The van der Waals surface area contributed by atoms with Gasteiger partial charge in [-0.15, -0.1) is 0 Å². The second-order valence-corrected chi connectivity index (χ2v) is 5.03. The number of hydrogen-bond acceptors (Lipinski definition) is 3. The molecule has 0 heterocycles. The Kier molecular flexibility index (Phi) is 4.33. The summed E-state index contributed by atoms with van der Waals surface area (Å²) in [6.45, 7) is 0.279. The summed E-state index contributed by atoms with van der Waals surface area (Å²) in [4.78, 5) is 13.0. The highest BCUT2D eigenvalue weighted by atomic mass is 35.5. The lowest BCUT2D eigenvalue weighted by atomic mass is 10.1. The minimum atomic E-state index is -1.07. The molecule has 0 bridgehead atoms. The Bertz CT molecular complexity index is 691. The number of carbonyl (C=O) groups is 1. The van der Waals surface area contributed by atoms with Crippen molar-refractivity contribution in [3.05, 3.63) is 58.4 Å². The van der Waals surface area contributed by atoms with Gasteiger partial charge in [-0.05, 0) is 29.8 Å². The van der Waals surface area contributed by atoms with Gasteiger partial charge in [-0.2, -0.15) is 0 Å². The molecule has 0 saturated carbocycles. The second kappa shape index (κ2) is 6.01. The largest absolute Gasteiger partial charge is 0.478 e. The fourth-order valence-corrected chi connectivity index (χ4v) is 2.25. The monoisotopic (exact) mass is 308 g/mol. The van der Waals surface area contributed by atoms with Gasteiger partial charge in [-0.25, -0.2) is 9.18 Å². The predicted octanol–water partition coefficient (Wildman–Crippen LogP) is 3.40. The maximum atomic E-state index is 13.4. The predicted molar refractivity (Wildman–Crippen MR) is 81.3 cm³/mol. The van der Waals surface area contributed by atoms with E-state index in [4.69, 9.17) is 17.3 Å². The van der Waals surface area contributed by atoms with Crippen molar-refractivity contribution in [1.29, 1.82) is 0 Å². The van der Waals surface area contributed by atoms with Crippen LogP contribution in [0, 0.1) is 5.82 Å². The van der Waals surface area contributed by atoms with Crippen LogP contribution in [0.2, 0.25) is 5.02 Å². The summed E-state index contributed by atoms with van der Waals surface area (Å²) in [6, 6.07) is 9.15. The van der Waals surface area contributed by atoms with Crippen LogP contribution in [0.4, 0.5) is 15.8 Å². The van der Waals surface area contributed by atoms with E-state index < -0.39 is 11.8 Å². The number of nitrogens with zero attached hydrogens (tertiary/aromatic N) is 1. The summed E-state index contributed by atoms with van der Waals surface area (Å²) >= 11 is 5.91. The van der Waals surface area contributed by atoms with E-state index in [1.807, 2.05) is 0 Å². The molecule has 0 saturated heterocycles. The Morgan fingerprint density at radius 1 is 1.38 bits per heavy atom. The van der Waals surface area contributed by atoms with E-state index in [9.17, 15) is 14.3 Å². The minimum absolute atomic E-state index is 0.0386. The van der Waals surface area contributed by atoms with Crippen LogP contribution in [0.25, 0.3) is 0 Å². The van der Waals surface area contributed by atoms with Gasteiger partial charge in [-0.3, -0.25) is 0 Å². The number of hydrogen-bond donors (Lipinski definition) is 2. The third kappa shape index (κ3) is 3.25. The molecule has 21 heavy (non-hydrogen) atoms. The molecule has 0 unspecified atom stereocenters. The summed E-state index contributed by atoms with van der Waals surface area (Å²) in [7, 11) is 1.71. The van der Waals surface area contributed by atoms with Gasteiger partial charge in [0.25, 0.3) is 0 Å². The molecule has 2 aromatic rings. The van der Waals surface area contributed by atoms with Gasteiger partial charge in [-0.1, -0.05) is 23.7 Å². The smallest absolute Gasteiger partial charge is 0.337 e. The van der Waals surface area contributed by atoms with Crippen molar-refractivity contribution in [2.45, 2.75) is 6.54 Å². The Morgan fingerprint density at radius 2 is 2.10 bits per heavy atom. The van der Waals surface area contributed by atoms with Crippen LogP contribution in [-0.4, -0.2) is 18.1 Å². The van der Waals surface area contributed by atoms with Crippen LogP contribution in [0.1, 0.15) is 15.9 Å². The van der Waals surface area contributed by atoms with E-state index in [2.05, 4.69) is 0 Å². The lowest BCUT2D eigenvalue weighted by Crippen LogP contribution is -2.20. The molecule has 0 aliphatic heterocycles. The first-order chi connectivity index (χ1) is 9.90. The molecule has 0 amide bonds. The SMILES string of the molecule is CN(Cc1cccc(F)c1Cl)c1ccc(N)cc1C(=O)O. The fourth-order valence-electron chi connectivity index (χ4n) is 2.07. The normalized spacial score (nSPS) is 10.4. The first kappa shape index (κ1) is 15.1. The molecule has 110 valence electrons. The van der Waals surface area contributed by atoms with Crippen molar-refractivity contribution < 1.29 is 14.3 Å². The van der Waals surface area contributed by atoms with Gasteiger partial charge in [0.05, 0.1) is 16.3 Å². The molecule has 0 aliphatic rings. The fraction of sp³-hybridized carbons (Fsp3) is 0.133. The average Bonchev–Trinajstić information content (AvgIpc) is 2.43. The van der Waals surface area contributed by atoms with Crippen LogP contribution in [0.15, 0.2) is 36.4 Å². The van der Waals surface area contributed by atoms with E-state index >= 15 is 0 Å². The number of benzene rings is 2. The van der Waals surface area contributed by atoms with Gasteiger partial charge in [0.2, 0.25) is 0 Å². The topological polar surface area (TPSA) is 66.6 Å². The van der Waals surface area contributed by atoms with E-state index in [1.54, 1.807) is 36.2 Å². The third-order valence-electron chi connectivity index (χ3n) is 3.10. The quantitative estimate of drug-likeness (QED) is 0.850. The highest BCUT2D eigenvalue weighted by molar-refractivity contribution is 6.31. The van der Waals surface area contributed by atoms with Crippen LogP contribution in [0.5, 0.6) is 0 Å². The van der Waals surface area contributed by atoms with Gasteiger partial charge < -0.3 is 15.7 Å². The van der Waals surface area contributed by atoms with Gasteiger partial charge in [0.15, 0.2) is 0 Å². The summed E-state index contributed by atoms with van der Waals surface area (Å²) in [5.74, 6) is -1.58. The first-order valence-electron chi connectivity index (χ1n) is 6.17. The van der Waals surface area contributed by atoms with Crippen molar-refractivity contribution >= 4 is 28.9 Å². The van der Waals surface area contributed by atoms with Crippen LogP contribution >= 0.6 is 11.6 Å². The Hall–Kier alpha value is -2.27. The molecule has 0 spiro atoms. The van der Waals surface area contributed by atoms with E-state index in [0.29, 0.717) is 16.9 Å². The zero-order valence-corrected chi connectivity index (χ0v) is 12.1. The summed E-state index contributed by atoms with van der Waals surface area (Å²) in [5, 5.41) is 9.27. The molecular formula is C15H14ClFN2O2. The zero-order chi connectivity index (χ0) is 15.6. The van der Waals surface area contributed by atoms with E-state index in [0.717, 1.165) is 0 Å². The number of nitrogens with two attached hydrogens (primary N) is 1. The molecule has 0 aliphatic carbocycles. The van der Waals surface area contributed by atoms with Crippen molar-refractivity contribution in [1.82, 2.24) is 0 Å². The van der Waals surface area contributed by atoms with Gasteiger partial charge >= 0.3 is 5.97 Å². The standard InChI is InChI=1S/C15H14ClFN2O2/c1-19(8-9-3-2-4-12(17)14(9)16)13-6-5-10(18)7-11(13)15(20)21/h2-7H,8,18H2,1H3,(H,20,21). The number of halogens is 2. The van der Waals surface area contributed by atoms with Crippen molar-refractivity contribution in [2.75, 3.05) is 17.7 Å². The minimum Gasteiger partial charge on any atom is -0.478 e. The van der Waals surface area contributed by atoms with Crippen molar-refractivity contribution in [3.8, 4) is 0 Å². The molecule has 0 atom stereocenters. The summed E-state index contributed by atoms with van der Waals surface area (Å²) in [6.07, 6.45) is 0. The third-order valence-corrected chi connectivity index (χ3v) is 3.52. The molecule has 2 rings (SSSR count). The van der Waals surface area contributed by atoms with Crippen molar-refractivity contribution in [3.63, 3.8) is 0 Å². The van der Waals surface area contributed by atoms with Crippen LogP contribution < -0.4 is 10.6 Å². The number of aromatic carboxylic acids is 1. The zero-order valence-electron chi connectivity index (χ0n) is 11.3. The second-order valence-electron chi connectivity index (χ2n) is 4.65. The van der Waals surface area contributed by atoms with Gasteiger partial charge in [0.1, 0.15) is 5.82 Å². The number of carboxylic acid groups (broad SMARTS) is 1. The van der Waals surface area contributed by atoms with E-state index in [-0.39, 0.29) is 17.1 Å². The van der Waals surface area contributed by atoms with E-state index in [1.165, 1.54) is 12.1 Å². The first-order valence-corrected chi connectivity index (χ1v) is 6.54. The Morgan fingerprint density at radius 3 is 2.76 bits per heavy atom. The molecule has 0 aromatic heterocycles. The summed E-state index contributed by atoms with van der Waals surface area (Å²) in [5.41, 5.74) is 7.13. The maximum absolute atomic E-state index is 13.4. The molecule has 3 N–H and O–H groups in total. The number of nitrogen functional groups attached to an aromatic ring is 1. The van der Waals surface area contributed by atoms with Gasteiger partial charge in [0, 0.05) is 19.3 Å². The maximum Gasteiger partial charge on any atom is 0.337 e. The number of anilines is 2. The molecule has 6 heteroatoms. The highest BCUT2D eigenvalue weighted by Crippen LogP contribution is 2.26. The summed E-state index contributed by atoms with van der Waals surface area (Å²) < 4.78 is 13.4.